The maximum Gasteiger partial charge on any atom is 0.350 e. The van der Waals surface area contributed by atoms with Gasteiger partial charge < -0.3 is 4.74 Å². The number of amides is 2. The summed E-state index contributed by atoms with van der Waals surface area (Å²) in [6.07, 6.45) is 3.44. The fraction of sp³-hybridized carbons (Fsp3) is 0.118. The van der Waals surface area contributed by atoms with Crippen molar-refractivity contribution >= 4 is 27.6 Å². The van der Waals surface area contributed by atoms with Crippen LogP contribution in [-0.4, -0.2) is 20.8 Å². The Morgan fingerprint density at radius 3 is 2.85 bits per heavy atom. The Morgan fingerprint density at radius 1 is 1.33 bits per heavy atom. The van der Waals surface area contributed by atoms with Crippen LogP contribution >= 0.6 is 15.9 Å². The number of hydrogen-bond acceptors (Lipinski definition) is 6. The van der Waals surface area contributed by atoms with E-state index in [1.807, 2.05) is 30.5 Å². The second-order valence-electron chi connectivity index (χ2n) is 5.61. The zero-order valence-corrected chi connectivity index (χ0v) is 16.0. The number of carbonyl (C=O) groups is 1. The average molecular weight is 432 g/mol. The van der Waals surface area contributed by atoms with Crippen molar-refractivity contribution in [3.63, 3.8) is 0 Å². The number of anilines is 1. The van der Waals surface area contributed by atoms with Gasteiger partial charge in [-0.15, -0.1) is 5.10 Å². The van der Waals surface area contributed by atoms with Gasteiger partial charge in [-0.05, 0) is 46.6 Å². The van der Waals surface area contributed by atoms with Crippen molar-refractivity contribution in [1.82, 2.24) is 20.2 Å². The first-order valence-electron chi connectivity index (χ1n) is 7.94. The molecule has 0 fully saturated rings. The number of halogens is 1. The van der Waals surface area contributed by atoms with E-state index in [1.165, 1.54) is 0 Å². The minimum absolute atomic E-state index is 0.179. The van der Waals surface area contributed by atoms with Gasteiger partial charge in [0.05, 0.1) is 5.69 Å². The molecule has 2 amide bonds. The molecule has 2 heterocycles. The number of carbonyl (C=O) groups excluding carboxylic acids is 1. The van der Waals surface area contributed by atoms with Crippen molar-refractivity contribution in [2.24, 2.45) is 11.7 Å². The zero-order chi connectivity index (χ0) is 19.4. The van der Waals surface area contributed by atoms with E-state index in [9.17, 15) is 4.79 Å². The van der Waals surface area contributed by atoms with Crippen molar-refractivity contribution < 1.29 is 9.53 Å². The molecule has 10 heteroatoms. The highest BCUT2D eigenvalue weighted by molar-refractivity contribution is 9.10. The third-order valence-corrected chi connectivity index (χ3v) is 4.33. The van der Waals surface area contributed by atoms with Crippen LogP contribution in [0, 0.1) is 6.92 Å². The molecule has 5 N–H and O–H groups in total. The van der Waals surface area contributed by atoms with Crippen molar-refractivity contribution in [1.29, 1.82) is 0 Å². The lowest BCUT2D eigenvalue weighted by Gasteiger charge is -2.20. The second kappa shape index (κ2) is 8.16. The van der Waals surface area contributed by atoms with Crippen LogP contribution in [0.3, 0.4) is 0 Å². The number of ether oxygens (including phenoxy) is 1. The number of rotatable bonds is 5. The third kappa shape index (κ3) is 4.25. The highest BCUT2D eigenvalue weighted by Crippen LogP contribution is 2.24. The normalized spacial score (nSPS) is 10.5. The molecule has 27 heavy (non-hydrogen) atoms. The molecule has 0 saturated carbocycles. The summed E-state index contributed by atoms with van der Waals surface area (Å²) in [7, 11) is 0. The molecule has 1 aromatic carbocycles. The number of hydrogen-bond donors (Lipinski definition) is 3. The first kappa shape index (κ1) is 18.8. The molecule has 0 radical (unpaired) electrons. The summed E-state index contributed by atoms with van der Waals surface area (Å²) in [6, 6.07) is 10.2. The van der Waals surface area contributed by atoms with Crippen LogP contribution in [-0.2, 0) is 6.61 Å². The van der Waals surface area contributed by atoms with Gasteiger partial charge in [0.15, 0.2) is 5.82 Å². The van der Waals surface area contributed by atoms with Crippen molar-refractivity contribution in [2.45, 2.75) is 13.5 Å². The Morgan fingerprint density at radius 2 is 2.15 bits per heavy atom. The SMILES string of the molecule is Cc1cccc(N(N)C(=O)NN)c1COc1ccn(-c2ccc(Br)cn2)n1. The Kier molecular flexibility index (Phi) is 5.69. The van der Waals surface area contributed by atoms with Gasteiger partial charge in [0, 0.05) is 28.5 Å². The quantitative estimate of drug-likeness (QED) is 0.323. The predicted molar refractivity (Wildman–Crippen MR) is 104 cm³/mol. The summed E-state index contributed by atoms with van der Waals surface area (Å²) < 4.78 is 8.28. The molecule has 140 valence electrons. The van der Waals surface area contributed by atoms with Crippen molar-refractivity contribution in [3.05, 3.63) is 64.4 Å². The number of aryl methyl sites for hydroxylation is 1. The van der Waals surface area contributed by atoms with Crippen LogP contribution in [0.4, 0.5) is 10.5 Å². The largest absolute Gasteiger partial charge is 0.472 e. The van der Waals surface area contributed by atoms with Crippen molar-refractivity contribution in [3.8, 4) is 11.7 Å². The van der Waals surface area contributed by atoms with Crippen LogP contribution in [0.25, 0.3) is 5.82 Å². The van der Waals surface area contributed by atoms with E-state index in [0.717, 1.165) is 20.6 Å². The molecular formula is C17H18BrN7O2. The molecule has 2 aromatic heterocycles. The second-order valence-corrected chi connectivity index (χ2v) is 6.53. The van der Waals surface area contributed by atoms with E-state index >= 15 is 0 Å². The number of pyridine rings is 1. The molecule has 0 spiro atoms. The number of benzene rings is 1. The van der Waals surface area contributed by atoms with E-state index in [1.54, 1.807) is 35.3 Å². The smallest absolute Gasteiger partial charge is 0.350 e. The zero-order valence-electron chi connectivity index (χ0n) is 14.5. The van der Waals surface area contributed by atoms with E-state index < -0.39 is 6.03 Å². The van der Waals surface area contributed by atoms with E-state index in [0.29, 0.717) is 17.4 Å². The van der Waals surface area contributed by atoms with Crippen LogP contribution < -0.4 is 26.9 Å². The predicted octanol–water partition coefficient (Wildman–Crippen LogP) is 2.18. The summed E-state index contributed by atoms with van der Waals surface area (Å²) in [4.78, 5) is 16.0. The number of aromatic nitrogens is 3. The third-order valence-electron chi connectivity index (χ3n) is 3.86. The fourth-order valence-corrected chi connectivity index (χ4v) is 2.68. The van der Waals surface area contributed by atoms with E-state index in [4.69, 9.17) is 16.4 Å². The molecule has 0 aliphatic carbocycles. The maximum absolute atomic E-state index is 11.7. The molecule has 0 aliphatic rings. The minimum Gasteiger partial charge on any atom is -0.472 e. The lowest BCUT2D eigenvalue weighted by molar-refractivity contribution is 0.246. The Bertz CT molecular complexity index is 943. The van der Waals surface area contributed by atoms with Crippen molar-refractivity contribution in [2.75, 3.05) is 5.01 Å². The molecular weight excluding hydrogens is 414 g/mol. The molecule has 0 aliphatic heterocycles. The monoisotopic (exact) mass is 431 g/mol. The molecule has 0 saturated heterocycles. The number of hydrazine groups is 2. The standard InChI is InChI=1S/C17H18BrN7O2/c1-11-3-2-4-14(25(20)17(26)22-19)13(11)10-27-16-7-8-24(23-16)15-6-5-12(18)9-21-15/h2-9H,10,19-20H2,1H3,(H,22,26). The lowest BCUT2D eigenvalue weighted by Crippen LogP contribution is -2.48. The number of nitrogens with one attached hydrogen (secondary N) is 1. The Hall–Kier alpha value is -2.95. The number of nitrogens with zero attached hydrogens (tertiary/aromatic N) is 4. The molecule has 3 aromatic rings. The number of urea groups is 1. The van der Waals surface area contributed by atoms with Gasteiger partial charge in [0.1, 0.15) is 6.61 Å². The summed E-state index contributed by atoms with van der Waals surface area (Å²) in [5.74, 6) is 12.1. The molecule has 9 nitrogen and oxygen atoms in total. The highest BCUT2D eigenvalue weighted by atomic mass is 79.9. The van der Waals surface area contributed by atoms with Gasteiger partial charge in [-0.2, -0.15) is 0 Å². The highest BCUT2D eigenvalue weighted by Gasteiger charge is 2.16. The summed E-state index contributed by atoms with van der Waals surface area (Å²) >= 11 is 3.35. The van der Waals surface area contributed by atoms with Gasteiger partial charge >= 0.3 is 6.03 Å². The molecule has 0 bridgehead atoms. The van der Waals surface area contributed by atoms with Gasteiger partial charge in [0.25, 0.3) is 0 Å². The summed E-state index contributed by atoms with van der Waals surface area (Å²) in [6.45, 7) is 2.08. The van der Waals surface area contributed by atoms with Crippen LogP contribution in [0.2, 0.25) is 0 Å². The van der Waals surface area contributed by atoms with Gasteiger partial charge in [-0.3, -0.25) is 5.43 Å². The van der Waals surface area contributed by atoms with Crippen LogP contribution in [0.15, 0.2) is 53.3 Å². The van der Waals surface area contributed by atoms with Crippen LogP contribution in [0.5, 0.6) is 5.88 Å². The summed E-state index contributed by atoms with van der Waals surface area (Å²) in [5, 5.41) is 5.29. The van der Waals surface area contributed by atoms with Gasteiger partial charge in [0.2, 0.25) is 5.88 Å². The first-order chi connectivity index (χ1) is 13.0. The van der Waals surface area contributed by atoms with E-state index in [2.05, 4.69) is 26.0 Å². The van der Waals surface area contributed by atoms with E-state index in [-0.39, 0.29) is 6.61 Å². The topological polar surface area (TPSA) is 124 Å². The summed E-state index contributed by atoms with van der Waals surface area (Å²) in [5.41, 5.74) is 4.17. The van der Waals surface area contributed by atoms with Crippen LogP contribution in [0.1, 0.15) is 11.1 Å². The fourth-order valence-electron chi connectivity index (χ4n) is 2.44. The molecule has 0 atom stereocenters. The number of nitrogens with two attached hydrogens (primary N) is 2. The molecule has 3 rings (SSSR count). The Labute approximate surface area is 164 Å². The molecule has 0 unspecified atom stereocenters. The van der Waals surface area contributed by atoms with Gasteiger partial charge in [-0.1, -0.05) is 12.1 Å². The first-order valence-corrected chi connectivity index (χ1v) is 8.73. The lowest BCUT2D eigenvalue weighted by atomic mass is 10.1. The van der Waals surface area contributed by atoms with Gasteiger partial charge in [-0.25, -0.2) is 31.2 Å². The Balaban J connectivity index is 1.77. The maximum atomic E-state index is 11.7. The average Bonchev–Trinajstić information content (AvgIpc) is 3.15. The minimum atomic E-state index is -0.632.